The van der Waals surface area contributed by atoms with Crippen LogP contribution >= 0.6 is 12.4 Å². The number of hydrogen-bond acceptors (Lipinski definition) is 3. The van der Waals surface area contributed by atoms with Crippen molar-refractivity contribution in [3.63, 3.8) is 0 Å². The summed E-state index contributed by atoms with van der Waals surface area (Å²) in [5, 5.41) is 3.10. The van der Waals surface area contributed by atoms with Crippen LogP contribution < -0.4 is 15.8 Å². The average Bonchev–Trinajstić information content (AvgIpc) is 2.88. The van der Waals surface area contributed by atoms with Crippen molar-refractivity contribution in [3.8, 4) is 5.75 Å². The first-order valence-corrected chi connectivity index (χ1v) is 7.34. The molecule has 1 aliphatic carbocycles. The lowest BCUT2D eigenvalue weighted by atomic mass is 9.98. The summed E-state index contributed by atoms with van der Waals surface area (Å²) in [5.41, 5.74) is 6.79. The Balaban J connectivity index is 0.00000220. The van der Waals surface area contributed by atoms with Gasteiger partial charge in [0, 0.05) is 6.54 Å². The van der Waals surface area contributed by atoms with Crippen molar-refractivity contribution in [3.05, 3.63) is 29.8 Å². The molecule has 1 fully saturated rings. The van der Waals surface area contributed by atoms with E-state index in [0.717, 1.165) is 37.0 Å². The van der Waals surface area contributed by atoms with E-state index in [1.54, 1.807) is 0 Å². The molecule has 0 spiro atoms. The minimum Gasteiger partial charge on any atom is -0.493 e. The van der Waals surface area contributed by atoms with Crippen LogP contribution in [0, 0.1) is 6.92 Å². The summed E-state index contributed by atoms with van der Waals surface area (Å²) in [6.07, 6.45) is 4.66. The van der Waals surface area contributed by atoms with E-state index >= 15 is 0 Å². The minimum absolute atomic E-state index is 0. The van der Waals surface area contributed by atoms with Gasteiger partial charge in [0.1, 0.15) is 5.75 Å². The van der Waals surface area contributed by atoms with E-state index in [0.29, 0.717) is 19.6 Å². The number of aryl methyl sites for hydroxylation is 1. The number of halogens is 1. The van der Waals surface area contributed by atoms with Crippen LogP contribution in [0.15, 0.2) is 24.3 Å². The molecule has 0 bridgehead atoms. The molecule has 21 heavy (non-hydrogen) atoms. The Morgan fingerprint density at radius 2 is 2.10 bits per heavy atom. The maximum Gasteiger partial charge on any atom is 0.223 e. The van der Waals surface area contributed by atoms with Crippen molar-refractivity contribution in [1.29, 1.82) is 0 Å². The van der Waals surface area contributed by atoms with Gasteiger partial charge in [-0.15, -0.1) is 12.4 Å². The fourth-order valence-corrected chi connectivity index (χ4v) is 2.76. The van der Waals surface area contributed by atoms with Gasteiger partial charge >= 0.3 is 0 Å². The second kappa shape index (κ2) is 8.25. The number of amides is 1. The fraction of sp³-hybridized carbons (Fsp3) is 0.562. The highest BCUT2D eigenvalue weighted by molar-refractivity contribution is 5.85. The van der Waals surface area contributed by atoms with Crippen LogP contribution in [-0.4, -0.2) is 24.6 Å². The van der Waals surface area contributed by atoms with Crippen molar-refractivity contribution in [1.82, 2.24) is 5.32 Å². The highest BCUT2D eigenvalue weighted by atomic mass is 35.5. The molecule has 1 aliphatic rings. The second-order valence-electron chi connectivity index (χ2n) is 5.65. The molecule has 1 aromatic carbocycles. The molecule has 1 aromatic rings. The normalized spacial score (nSPS) is 16.1. The zero-order valence-electron chi connectivity index (χ0n) is 12.6. The molecule has 0 aliphatic heterocycles. The van der Waals surface area contributed by atoms with Crippen LogP contribution in [0.25, 0.3) is 0 Å². The molecule has 3 N–H and O–H groups in total. The Morgan fingerprint density at radius 1 is 1.38 bits per heavy atom. The summed E-state index contributed by atoms with van der Waals surface area (Å²) in [5.74, 6) is 0.845. The van der Waals surface area contributed by atoms with E-state index in [9.17, 15) is 4.79 Å². The zero-order valence-corrected chi connectivity index (χ0v) is 13.4. The van der Waals surface area contributed by atoms with Crippen molar-refractivity contribution in [2.45, 2.75) is 44.6 Å². The molecule has 0 saturated heterocycles. The first kappa shape index (κ1) is 17.8. The first-order valence-electron chi connectivity index (χ1n) is 7.34. The Bertz CT molecular complexity index is 459. The van der Waals surface area contributed by atoms with E-state index in [-0.39, 0.29) is 23.9 Å². The molecule has 0 atom stereocenters. The third kappa shape index (κ3) is 5.21. The predicted octanol–water partition coefficient (Wildman–Crippen LogP) is 2.57. The van der Waals surface area contributed by atoms with E-state index in [1.165, 1.54) is 0 Å². The Morgan fingerprint density at radius 3 is 2.71 bits per heavy atom. The van der Waals surface area contributed by atoms with E-state index in [1.807, 2.05) is 31.2 Å². The SMILES string of the molecule is Cc1cccc(OCCC(=O)NC2(CN)CCCC2)c1.Cl. The highest BCUT2D eigenvalue weighted by Gasteiger charge is 2.33. The van der Waals surface area contributed by atoms with Gasteiger partial charge in [0.15, 0.2) is 0 Å². The molecule has 118 valence electrons. The lowest BCUT2D eigenvalue weighted by Gasteiger charge is -2.28. The van der Waals surface area contributed by atoms with Crippen molar-refractivity contribution in [2.24, 2.45) is 5.73 Å². The number of nitrogens with one attached hydrogen (secondary N) is 1. The lowest BCUT2D eigenvalue weighted by molar-refractivity contribution is -0.123. The van der Waals surface area contributed by atoms with Crippen LogP contribution in [0.5, 0.6) is 5.75 Å². The van der Waals surface area contributed by atoms with Crippen molar-refractivity contribution >= 4 is 18.3 Å². The third-order valence-corrected chi connectivity index (χ3v) is 3.94. The van der Waals surface area contributed by atoms with Gasteiger partial charge in [0.2, 0.25) is 5.91 Å². The summed E-state index contributed by atoms with van der Waals surface area (Å²) >= 11 is 0. The maximum absolute atomic E-state index is 12.0. The van der Waals surface area contributed by atoms with Gasteiger partial charge < -0.3 is 15.8 Å². The van der Waals surface area contributed by atoms with Gasteiger partial charge in [0.05, 0.1) is 18.6 Å². The summed E-state index contributed by atoms with van der Waals surface area (Å²) in [4.78, 5) is 12.0. The Hall–Kier alpha value is -1.26. The van der Waals surface area contributed by atoms with E-state index in [4.69, 9.17) is 10.5 Å². The molecule has 1 saturated carbocycles. The fourth-order valence-electron chi connectivity index (χ4n) is 2.76. The molecule has 0 aromatic heterocycles. The third-order valence-electron chi connectivity index (χ3n) is 3.94. The topological polar surface area (TPSA) is 64.3 Å². The van der Waals surface area contributed by atoms with Gasteiger partial charge in [-0.1, -0.05) is 25.0 Å². The molecule has 4 nitrogen and oxygen atoms in total. The van der Waals surface area contributed by atoms with Gasteiger partial charge in [0.25, 0.3) is 0 Å². The summed E-state index contributed by atoms with van der Waals surface area (Å²) in [6.45, 7) is 2.94. The second-order valence-corrected chi connectivity index (χ2v) is 5.65. The summed E-state index contributed by atoms with van der Waals surface area (Å²) < 4.78 is 5.60. The van der Waals surface area contributed by atoms with Gasteiger partial charge in [-0.05, 0) is 37.5 Å². The van der Waals surface area contributed by atoms with Crippen molar-refractivity contribution in [2.75, 3.05) is 13.2 Å². The Labute approximate surface area is 132 Å². The first-order chi connectivity index (χ1) is 9.63. The molecule has 0 unspecified atom stereocenters. The lowest BCUT2D eigenvalue weighted by Crippen LogP contribution is -2.51. The standard InChI is InChI=1S/C16H24N2O2.ClH/c1-13-5-4-6-14(11-13)20-10-7-15(19)18-16(12-17)8-2-3-9-16;/h4-6,11H,2-3,7-10,12,17H2,1H3,(H,18,19);1H. The molecule has 5 heteroatoms. The molecular formula is C16H25ClN2O2. The van der Waals surface area contributed by atoms with Crippen LogP contribution in [-0.2, 0) is 4.79 Å². The van der Waals surface area contributed by atoms with E-state index < -0.39 is 0 Å². The number of hydrogen-bond donors (Lipinski definition) is 2. The molecule has 0 radical (unpaired) electrons. The monoisotopic (exact) mass is 312 g/mol. The molecule has 0 heterocycles. The number of carbonyl (C=O) groups excluding carboxylic acids is 1. The van der Waals surface area contributed by atoms with Crippen LogP contribution in [0.4, 0.5) is 0 Å². The average molecular weight is 313 g/mol. The van der Waals surface area contributed by atoms with Crippen LogP contribution in [0.3, 0.4) is 0 Å². The van der Waals surface area contributed by atoms with Gasteiger partial charge in [-0.25, -0.2) is 0 Å². The quantitative estimate of drug-likeness (QED) is 0.848. The van der Waals surface area contributed by atoms with Crippen LogP contribution in [0.1, 0.15) is 37.7 Å². The number of nitrogens with two attached hydrogens (primary N) is 1. The minimum atomic E-state index is -0.166. The maximum atomic E-state index is 12.0. The van der Waals surface area contributed by atoms with Gasteiger partial charge in [-0.2, -0.15) is 0 Å². The largest absolute Gasteiger partial charge is 0.493 e. The van der Waals surface area contributed by atoms with Crippen molar-refractivity contribution < 1.29 is 9.53 Å². The molecule has 1 amide bonds. The number of rotatable bonds is 6. The smallest absolute Gasteiger partial charge is 0.223 e. The number of carbonyl (C=O) groups is 1. The molecule has 2 rings (SSSR count). The highest BCUT2D eigenvalue weighted by Crippen LogP contribution is 2.28. The van der Waals surface area contributed by atoms with E-state index in [2.05, 4.69) is 5.32 Å². The summed E-state index contributed by atoms with van der Waals surface area (Å²) in [7, 11) is 0. The van der Waals surface area contributed by atoms with Gasteiger partial charge in [-0.3, -0.25) is 4.79 Å². The molecular weight excluding hydrogens is 288 g/mol. The zero-order chi connectivity index (χ0) is 14.4. The van der Waals surface area contributed by atoms with Crippen LogP contribution in [0.2, 0.25) is 0 Å². The number of ether oxygens (including phenoxy) is 1. The predicted molar refractivity (Wildman–Crippen MR) is 86.9 cm³/mol. The number of benzene rings is 1. The Kier molecular flexibility index (Phi) is 6.99. The summed E-state index contributed by atoms with van der Waals surface area (Å²) in [6, 6.07) is 7.84.